The van der Waals surface area contributed by atoms with Gasteiger partial charge in [-0.05, 0) is 0 Å². The number of aryl methyl sites for hydroxylation is 1. The molecular formula is C11H16Br2Te. The van der Waals surface area contributed by atoms with E-state index in [1.807, 2.05) is 0 Å². The summed E-state index contributed by atoms with van der Waals surface area (Å²) in [6, 6.07) is 8.92. The molecule has 0 aliphatic heterocycles. The van der Waals surface area contributed by atoms with E-state index in [1.165, 1.54) is 26.5 Å². The SMILES string of the molecule is CCCC[Te](Br)(Br)c1ccc(C)cc1. The third-order valence-corrected chi connectivity index (χ3v) is 16.5. The first kappa shape index (κ1) is 13.0. The number of hydrogen-bond acceptors (Lipinski definition) is 0. The van der Waals surface area contributed by atoms with Gasteiger partial charge in [0.05, 0.1) is 0 Å². The zero-order chi connectivity index (χ0) is 10.6. The van der Waals surface area contributed by atoms with Crippen molar-refractivity contribution < 1.29 is 0 Å². The molecule has 0 aliphatic carbocycles. The van der Waals surface area contributed by atoms with Crippen LogP contribution in [0, 0.1) is 6.92 Å². The standard InChI is InChI=1S/C11H16Br2Te/c1-3-4-9-14(12,13)11-7-5-10(2)6-8-11/h5-8H,3-4,9H2,1-2H3. The number of halogens is 2. The first-order valence-electron chi connectivity index (χ1n) is 4.83. The summed E-state index contributed by atoms with van der Waals surface area (Å²) in [5.74, 6) is 0. The Morgan fingerprint density at radius 2 is 1.71 bits per heavy atom. The molecule has 0 unspecified atom stereocenters. The van der Waals surface area contributed by atoms with Gasteiger partial charge in [-0.2, -0.15) is 0 Å². The molecule has 0 nitrogen and oxygen atoms in total. The number of rotatable bonds is 4. The average Bonchev–Trinajstić information content (AvgIpc) is 2.16. The molecule has 1 rings (SSSR count). The van der Waals surface area contributed by atoms with Gasteiger partial charge in [-0.1, -0.05) is 0 Å². The summed E-state index contributed by atoms with van der Waals surface area (Å²) in [6.45, 7) is 4.38. The van der Waals surface area contributed by atoms with Gasteiger partial charge in [0.2, 0.25) is 0 Å². The first-order chi connectivity index (χ1) is 6.56. The van der Waals surface area contributed by atoms with Crippen molar-refractivity contribution in [2.75, 3.05) is 0 Å². The Bertz CT molecular complexity index is 280. The van der Waals surface area contributed by atoms with Crippen LogP contribution in [-0.2, 0) is 0 Å². The molecule has 1 aromatic carbocycles. The first-order valence-corrected chi connectivity index (χ1v) is 18.1. The summed E-state index contributed by atoms with van der Waals surface area (Å²) in [7, 11) is 0. The van der Waals surface area contributed by atoms with E-state index in [9.17, 15) is 0 Å². The van der Waals surface area contributed by atoms with Crippen molar-refractivity contribution in [3.05, 3.63) is 29.8 Å². The van der Waals surface area contributed by atoms with Gasteiger partial charge in [-0.15, -0.1) is 0 Å². The van der Waals surface area contributed by atoms with Gasteiger partial charge in [0.15, 0.2) is 0 Å². The number of benzene rings is 1. The van der Waals surface area contributed by atoms with E-state index in [0.29, 0.717) is 0 Å². The van der Waals surface area contributed by atoms with Crippen LogP contribution in [0.3, 0.4) is 0 Å². The molecule has 0 saturated heterocycles. The zero-order valence-electron chi connectivity index (χ0n) is 8.59. The molecule has 0 aromatic heterocycles. The molecule has 14 heavy (non-hydrogen) atoms. The quantitative estimate of drug-likeness (QED) is 0.621. The molecule has 80 valence electrons. The summed E-state index contributed by atoms with van der Waals surface area (Å²) in [5.41, 5.74) is 1.34. The van der Waals surface area contributed by atoms with E-state index in [2.05, 4.69) is 63.6 Å². The van der Waals surface area contributed by atoms with Crippen LogP contribution < -0.4 is 3.61 Å². The van der Waals surface area contributed by atoms with E-state index < -0.39 is 13.8 Å². The summed E-state index contributed by atoms with van der Waals surface area (Å²) in [6.07, 6.45) is 2.59. The van der Waals surface area contributed by atoms with E-state index >= 15 is 0 Å². The van der Waals surface area contributed by atoms with E-state index in [1.54, 1.807) is 0 Å². The fraction of sp³-hybridized carbons (Fsp3) is 0.455. The maximum absolute atomic E-state index is 3.92. The van der Waals surface area contributed by atoms with Crippen molar-refractivity contribution in [2.24, 2.45) is 0 Å². The predicted octanol–water partition coefficient (Wildman–Crippen LogP) is 4.23. The Morgan fingerprint density at radius 1 is 1.14 bits per heavy atom. The molecular weight excluding hydrogens is 420 g/mol. The molecule has 1 aromatic rings. The maximum atomic E-state index is 3.92. The van der Waals surface area contributed by atoms with Crippen molar-refractivity contribution >= 4 is 42.9 Å². The predicted molar refractivity (Wildman–Crippen MR) is 74.1 cm³/mol. The number of hydrogen-bond donors (Lipinski definition) is 0. The van der Waals surface area contributed by atoms with E-state index in [0.717, 1.165) is 0 Å². The van der Waals surface area contributed by atoms with Gasteiger partial charge in [-0.3, -0.25) is 0 Å². The summed E-state index contributed by atoms with van der Waals surface area (Å²) < 4.78 is 2.80. The average molecular weight is 436 g/mol. The van der Waals surface area contributed by atoms with Crippen molar-refractivity contribution in [3.63, 3.8) is 0 Å². The van der Waals surface area contributed by atoms with E-state index in [-0.39, 0.29) is 0 Å². The topological polar surface area (TPSA) is 0 Å². The van der Waals surface area contributed by atoms with Crippen molar-refractivity contribution in [1.82, 2.24) is 0 Å². The fourth-order valence-corrected chi connectivity index (χ4v) is 11.2. The minimum atomic E-state index is -2.04. The molecule has 0 heterocycles. The van der Waals surface area contributed by atoms with Crippen molar-refractivity contribution in [1.29, 1.82) is 0 Å². The molecule has 0 N–H and O–H groups in total. The van der Waals surface area contributed by atoms with Crippen LogP contribution in [0.25, 0.3) is 0 Å². The van der Waals surface area contributed by atoms with Crippen LogP contribution in [0.2, 0.25) is 4.47 Å². The second-order valence-corrected chi connectivity index (χ2v) is 29.9. The molecule has 0 aliphatic rings. The Balaban J connectivity index is 2.75. The van der Waals surface area contributed by atoms with Crippen LogP contribution in [0.15, 0.2) is 24.3 Å². The molecule has 0 spiro atoms. The second kappa shape index (κ2) is 5.89. The molecule has 0 radical (unpaired) electrons. The van der Waals surface area contributed by atoms with Crippen LogP contribution in [-0.4, -0.2) is 13.8 Å². The Morgan fingerprint density at radius 3 is 2.21 bits per heavy atom. The Hall–Kier alpha value is 0.970. The van der Waals surface area contributed by atoms with Gasteiger partial charge in [0.1, 0.15) is 0 Å². The molecule has 0 amide bonds. The van der Waals surface area contributed by atoms with Crippen LogP contribution in [0.4, 0.5) is 0 Å². The summed E-state index contributed by atoms with van der Waals surface area (Å²) in [5, 5.41) is 0. The van der Waals surface area contributed by atoms with Crippen molar-refractivity contribution in [3.8, 4) is 0 Å². The molecule has 3 heteroatoms. The molecule has 0 bridgehead atoms. The van der Waals surface area contributed by atoms with Gasteiger partial charge in [-0.25, -0.2) is 0 Å². The third-order valence-electron chi connectivity index (χ3n) is 2.12. The van der Waals surface area contributed by atoms with Crippen LogP contribution >= 0.6 is 25.5 Å². The zero-order valence-corrected chi connectivity index (χ0v) is 14.1. The van der Waals surface area contributed by atoms with Crippen LogP contribution in [0.5, 0.6) is 0 Å². The Labute approximate surface area is 103 Å². The van der Waals surface area contributed by atoms with Crippen LogP contribution in [0.1, 0.15) is 25.3 Å². The minimum absolute atomic E-state index is 1.27. The molecule has 0 atom stereocenters. The van der Waals surface area contributed by atoms with Gasteiger partial charge in [0, 0.05) is 0 Å². The van der Waals surface area contributed by atoms with Gasteiger partial charge >= 0.3 is 104 Å². The van der Waals surface area contributed by atoms with Crippen molar-refractivity contribution in [2.45, 2.75) is 31.2 Å². The van der Waals surface area contributed by atoms with E-state index in [4.69, 9.17) is 0 Å². The molecule has 0 fully saturated rings. The molecule has 0 saturated carbocycles. The fourth-order valence-electron chi connectivity index (χ4n) is 1.18. The second-order valence-electron chi connectivity index (χ2n) is 3.45. The third kappa shape index (κ3) is 3.85. The Kier molecular flexibility index (Phi) is 5.49. The monoisotopic (exact) mass is 436 g/mol. The number of unbranched alkanes of at least 4 members (excludes halogenated alkanes) is 1. The summed E-state index contributed by atoms with van der Waals surface area (Å²) in [4.78, 5) is 0. The summed E-state index contributed by atoms with van der Waals surface area (Å²) >= 11 is 5.81. The van der Waals surface area contributed by atoms with Gasteiger partial charge in [0.25, 0.3) is 0 Å². The van der Waals surface area contributed by atoms with Gasteiger partial charge < -0.3 is 0 Å². The normalized spacial score (nSPS) is 12.9.